The van der Waals surface area contributed by atoms with Crippen molar-refractivity contribution in [3.05, 3.63) is 57.6 Å². The van der Waals surface area contributed by atoms with Gasteiger partial charge in [-0.1, -0.05) is 40.2 Å². The Morgan fingerprint density at radius 2 is 1.85 bits per heavy atom. The van der Waals surface area contributed by atoms with Gasteiger partial charge >= 0.3 is 0 Å². The van der Waals surface area contributed by atoms with Crippen LogP contribution in [0, 0.1) is 0 Å². The normalized spacial score (nSPS) is 19.7. The summed E-state index contributed by atoms with van der Waals surface area (Å²) in [6.07, 6.45) is 1.35. The van der Waals surface area contributed by atoms with Crippen LogP contribution in [0.5, 0.6) is 0 Å². The molecule has 2 aliphatic rings. The molecular formula is C20H21BrN2O3S. The van der Waals surface area contributed by atoms with Crippen LogP contribution in [0.25, 0.3) is 0 Å². The number of carbonyl (C=O) groups is 1. The molecule has 2 aliphatic heterocycles. The second-order valence-corrected chi connectivity index (χ2v) is 10.0. The number of amides is 1. The number of hydrogen-bond acceptors (Lipinski definition) is 3. The molecule has 0 fully saturated rings. The van der Waals surface area contributed by atoms with Crippen molar-refractivity contribution in [1.82, 2.24) is 4.31 Å². The van der Waals surface area contributed by atoms with Crippen molar-refractivity contribution in [1.29, 1.82) is 0 Å². The maximum atomic E-state index is 13.6. The van der Waals surface area contributed by atoms with Crippen LogP contribution < -0.4 is 4.90 Å². The Morgan fingerprint density at radius 1 is 1.15 bits per heavy atom. The molecule has 0 unspecified atom stereocenters. The van der Waals surface area contributed by atoms with Gasteiger partial charge in [-0.3, -0.25) is 4.79 Å². The first kappa shape index (κ1) is 18.7. The Balaban J connectivity index is 1.81. The molecule has 4 rings (SSSR count). The van der Waals surface area contributed by atoms with Crippen LogP contribution in [0.4, 0.5) is 5.69 Å². The minimum Gasteiger partial charge on any atom is -0.308 e. The molecular weight excluding hydrogens is 428 g/mol. The van der Waals surface area contributed by atoms with E-state index in [1.54, 1.807) is 11.0 Å². The van der Waals surface area contributed by atoms with Gasteiger partial charge in [0, 0.05) is 30.5 Å². The lowest BCUT2D eigenvalue weighted by atomic mass is 10.0. The molecule has 7 heteroatoms. The van der Waals surface area contributed by atoms with Crippen LogP contribution in [0.2, 0.25) is 0 Å². The van der Waals surface area contributed by atoms with Gasteiger partial charge in [0.05, 0.1) is 5.69 Å². The fourth-order valence-corrected chi connectivity index (χ4v) is 6.49. The quantitative estimate of drug-likeness (QED) is 0.706. The van der Waals surface area contributed by atoms with Crippen molar-refractivity contribution in [2.75, 3.05) is 11.4 Å². The lowest BCUT2D eigenvalue weighted by Gasteiger charge is -2.30. The van der Waals surface area contributed by atoms with Gasteiger partial charge in [0.15, 0.2) is 0 Å². The average molecular weight is 449 g/mol. The number of carbonyl (C=O) groups excluding carboxylic acids is 1. The first-order valence-corrected chi connectivity index (χ1v) is 11.2. The zero-order chi connectivity index (χ0) is 19.3. The predicted molar refractivity (Wildman–Crippen MR) is 108 cm³/mol. The van der Waals surface area contributed by atoms with Gasteiger partial charge in [-0.05, 0) is 48.6 Å². The van der Waals surface area contributed by atoms with E-state index in [1.807, 2.05) is 31.2 Å². The number of nitrogens with zero attached hydrogens (tertiary/aromatic N) is 2. The van der Waals surface area contributed by atoms with Crippen LogP contribution in [0.1, 0.15) is 30.5 Å². The van der Waals surface area contributed by atoms with Crippen molar-refractivity contribution in [3.63, 3.8) is 0 Å². The van der Waals surface area contributed by atoms with Crippen LogP contribution in [0.3, 0.4) is 0 Å². The van der Waals surface area contributed by atoms with Crippen molar-refractivity contribution >= 4 is 37.5 Å². The summed E-state index contributed by atoms with van der Waals surface area (Å²) in [6.45, 7) is 4.23. The Labute approximate surface area is 168 Å². The summed E-state index contributed by atoms with van der Waals surface area (Å²) in [6, 6.07) is 11.4. The molecule has 1 atom stereocenters. The third-order valence-corrected chi connectivity index (χ3v) is 7.68. The molecule has 142 valence electrons. The average Bonchev–Trinajstić information content (AvgIpc) is 2.96. The molecule has 2 aromatic rings. The molecule has 0 saturated carbocycles. The molecule has 0 spiro atoms. The van der Waals surface area contributed by atoms with E-state index in [9.17, 15) is 13.2 Å². The zero-order valence-corrected chi connectivity index (χ0v) is 17.7. The van der Waals surface area contributed by atoms with Gasteiger partial charge in [-0.15, -0.1) is 0 Å². The van der Waals surface area contributed by atoms with Crippen molar-refractivity contribution in [2.45, 2.75) is 44.2 Å². The van der Waals surface area contributed by atoms with Crippen molar-refractivity contribution in [3.8, 4) is 0 Å². The van der Waals surface area contributed by atoms with E-state index in [2.05, 4.69) is 22.0 Å². The summed E-state index contributed by atoms with van der Waals surface area (Å²) in [7, 11) is -3.73. The largest absolute Gasteiger partial charge is 0.308 e. The highest BCUT2D eigenvalue weighted by Gasteiger charge is 2.38. The van der Waals surface area contributed by atoms with Gasteiger partial charge in [-0.2, -0.15) is 4.31 Å². The van der Waals surface area contributed by atoms with E-state index >= 15 is 0 Å². The van der Waals surface area contributed by atoms with E-state index in [-0.39, 0.29) is 16.8 Å². The molecule has 0 aliphatic carbocycles. The second kappa shape index (κ2) is 6.72. The molecule has 0 N–H and O–H groups in total. The lowest BCUT2D eigenvalue weighted by molar-refractivity contribution is -0.116. The lowest BCUT2D eigenvalue weighted by Crippen LogP contribution is -2.38. The van der Waals surface area contributed by atoms with Gasteiger partial charge in [0.25, 0.3) is 0 Å². The fraction of sp³-hybridized carbons (Fsp3) is 0.350. The predicted octanol–water partition coefficient (Wildman–Crippen LogP) is 3.49. The summed E-state index contributed by atoms with van der Waals surface area (Å²) in [5.41, 5.74) is 3.67. The molecule has 2 heterocycles. The Bertz CT molecular complexity index is 1040. The third-order valence-electron chi connectivity index (χ3n) is 5.37. The van der Waals surface area contributed by atoms with Gasteiger partial charge in [-0.25, -0.2) is 8.42 Å². The summed E-state index contributed by atoms with van der Waals surface area (Å²) < 4.78 is 29.3. The SMILES string of the molecule is CC(=O)N1c2c(cc(Br)cc2S(=O)(=O)N2CCc3ccccc3C2)C[C@@H]1C. The molecule has 0 aromatic heterocycles. The van der Waals surface area contributed by atoms with E-state index in [0.29, 0.717) is 31.6 Å². The standard InChI is InChI=1S/C20H21BrN2O3S/c1-13-9-17-10-18(21)11-19(20(17)23(13)14(2)24)27(25,26)22-8-7-15-5-3-4-6-16(15)12-22/h3-6,10-11,13H,7-9,12H2,1-2H3/t13-/m0/s1. The van der Waals surface area contributed by atoms with E-state index in [1.165, 1.54) is 16.8 Å². The van der Waals surface area contributed by atoms with Crippen LogP contribution in [-0.2, 0) is 34.2 Å². The minimum absolute atomic E-state index is 0.0529. The van der Waals surface area contributed by atoms with Gasteiger partial charge in [0.1, 0.15) is 4.90 Å². The monoisotopic (exact) mass is 448 g/mol. The third kappa shape index (κ3) is 3.11. The molecule has 1 amide bonds. The summed E-state index contributed by atoms with van der Waals surface area (Å²) in [4.78, 5) is 14.1. The molecule has 0 radical (unpaired) electrons. The number of halogens is 1. The Morgan fingerprint density at radius 3 is 2.56 bits per heavy atom. The van der Waals surface area contributed by atoms with Crippen LogP contribution in [0.15, 0.2) is 45.8 Å². The van der Waals surface area contributed by atoms with Gasteiger partial charge in [0.2, 0.25) is 15.9 Å². The van der Waals surface area contributed by atoms with Crippen molar-refractivity contribution in [2.24, 2.45) is 0 Å². The number of fused-ring (bicyclic) bond motifs is 2. The fourth-order valence-electron chi connectivity index (χ4n) is 4.17. The number of benzene rings is 2. The Kier molecular flexibility index (Phi) is 4.64. The first-order valence-electron chi connectivity index (χ1n) is 8.98. The molecule has 5 nitrogen and oxygen atoms in total. The highest BCUT2D eigenvalue weighted by atomic mass is 79.9. The maximum absolute atomic E-state index is 13.6. The second-order valence-electron chi connectivity index (χ2n) is 7.21. The topological polar surface area (TPSA) is 57.7 Å². The van der Waals surface area contributed by atoms with E-state index in [0.717, 1.165) is 15.6 Å². The van der Waals surface area contributed by atoms with Crippen LogP contribution in [-0.4, -0.2) is 31.2 Å². The highest BCUT2D eigenvalue weighted by molar-refractivity contribution is 9.10. The van der Waals surface area contributed by atoms with Crippen LogP contribution >= 0.6 is 15.9 Å². The highest BCUT2D eigenvalue weighted by Crippen LogP contribution is 2.41. The molecule has 0 bridgehead atoms. The van der Waals surface area contributed by atoms with Gasteiger partial charge < -0.3 is 4.90 Å². The zero-order valence-electron chi connectivity index (χ0n) is 15.3. The molecule has 0 saturated heterocycles. The number of anilines is 1. The minimum atomic E-state index is -3.73. The van der Waals surface area contributed by atoms with Crippen molar-refractivity contribution < 1.29 is 13.2 Å². The Hall–Kier alpha value is -1.70. The molecule has 27 heavy (non-hydrogen) atoms. The number of sulfonamides is 1. The number of hydrogen-bond donors (Lipinski definition) is 0. The summed E-state index contributed by atoms with van der Waals surface area (Å²) >= 11 is 3.45. The number of rotatable bonds is 2. The van der Waals surface area contributed by atoms with E-state index in [4.69, 9.17) is 0 Å². The smallest absolute Gasteiger partial charge is 0.245 e. The summed E-state index contributed by atoms with van der Waals surface area (Å²) in [5.74, 6) is -0.135. The van der Waals surface area contributed by atoms with E-state index < -0.39 is 10.0 Å². The maximum Gasteiger partial charge on any atom is 0.245 e. The first-order chi connectivity index (χ1) is 12.8. The summed E-state index contributed by atoms with van der Waals surface area (Å²) in [5, 5.41) is 0. The molecule has 2 aromatic carbocycles.